The van der Waals surface area contributed by atoms with Gasteiger partial charge in [0.2, 0.25) is 0 Å². The summed E-state index contributed by atoms with van der Waals surface area (Å²) < 4.78 is 26.7. The second kappa shape index (κ2) is 5.92. The Morgan fingerprint density at radius 2 is 1.68 bits per heavy atom. The molecule has 8 nitrogen and oxygen atoms in total. The van der Waals surface area contributed by atoms with Crippen molar-refractivity contribution in [2.75, 3.05) is 11.4 Å². The van der Waals surface area contributed by atoms with Crippen molar-refractivity contribution < 1.29 is 8.42 Å². The fourth-order valence-corrected chi connectivity index (χ4v) is 3.54. The van der Waals surface area contributed by atoms with E-state index in [2.05, 4.69) is 9.97 Å². The van der Waals surface area contributed by atoms with Gasteiger partial charge in [0.1, 0.15) is 0 Å². The van der Waals surface area contributed by atoms with Crippen LogP contribution in [0.1, 0.15) is 5.56 Å². The molecule has 3 aromatic rings. The van der Waals surface area contributed by atoms with Gasteiger partial charge < -0.3 is 9.97 Å². The smallest absolute Gasteiger partial charge is 0.314 e. The molecule has 0 atom stereocenters. The minimum atomic E-state index is -3.92. The van der Waals surface area contributed by atoms with Gasteiger partial charge in [-0.2, -0.15) is 5.26 Å². The second-order valence-electron chi connectivity index (χ2n) is 5.25. The lowest BCUT2D eigenvalue weighted by Crippen LogP contribution is -2.29. The number of aromatic amines is 2. The molecule has 9 heteroatoms. The quantitative estimate of drug-likeness (QED) is 0.675. The zero-order valence-corrected chi connectivity index (χ0v) is 13.8. The van der Waals surface area contributed by atoms with Gasteiger partial charge in [0.15, 0.2) is 0 Å². The van der Waals surface area contributed by atoms with Crippen molar-refractivity contribution in [2.45, 2.75) is 4.90 Å². The molecule has 1 aromatic heterocycles. The van der Waals surface area contributed by atoms with E-state index in [0.29, 0.717) is 16.8 Å². The minimum absolute atomic E-state index is 0.0624. The molecule has 0 spiro atoms. The molecule has 0 fully saturated rings. The van der Waals surface area contributed by atoms with Crippen molar-refractivity contribution in [3.8, 4) is 6.07 Å². The third-order valence-electron chi connectivity index (χ3n) is 3.69. The van der Waals surface area contributed by atoms with Crippen molar-refractivity contribution >= 4 is 26.7 Å². The molecular formula is C16H12N4O4S. The first kappa shape index (κ1) is 16.5. The summed E-state index contributed by atoms with van der Waals surface area (Å²) in [7, 11) is -2.55. The van der Waals surface area contributed by atoms with Crippen LogP contribution in [-0.4, -0.2) is 25.4 Å². The van der Waals surface area contributed by atoms with Gasteiger partial charge in [-0.05, 0) is 36.4 Å². The fraction of sp³-hybridized carbons (Fsp3) is 0.0625. The van der Waals surface area contributed by atoms with Crippen LogP contribution in [0.3, 0.4) is 0 Å². The van der Waals surface area contributed by atoms with Crippen LogP contribution < -0.4 is 15.4 Å². The van der Waals surface area contributed by atoms with E-state index in [9.17, 15) is 18.0 Å². The van der Waals surface area contributed by atoms with E-state index in [-0.39, 0.29) is 10.4 Å². The number of nitriles is 1. The molecule has 25 heavy (non-hydrogen) atoms. The first-order valence-corrected chi connectivity index (χ1v) is 8.52. The van der Waals surface area contributed by atoms with Crippen LogP contribution in [0, 0.1) is 11.3 Å². The number of rotatable bonds is 3. The summed E-state index contributed by atoms with van der Waals surface area (Å²) >= 11 is 0. The predicted octanol–water partition coefficient (Wildman–Crippen LogP) is 0.913. The van der Waals surface area contributed by atoms with E-state index in [0.717, 1.165) is 4.31 Å². The average molecular weight is 356 g/mol. The van der Waals surface area contributed by atoms with Crippen LogP contribution in [0.4, 0.5) is 5.69 Å². The first-order chi connectivity index (χ1) is 11.8. The third-order valence-corrected chi connectivity index (χ3v) is 5.47. The third kappa shape index (κ3) is 2.90. The number of sulfonamides is 1. The average Bonchev–Trinajstić information content (AvgIpc) is 2.61. The molecule has 0 saturated carbocycles. The van der Waals surface area contributed by atoms with Crippen LogP contribution >= 0.6 is 0 Å². The number of benzene rings is 2. The number of nitrogens with zero attached hydrogens (tertiary/aromatic N) is 2. The first-order valence-electron chi connectivity index (χ1n) is 7.08. The molecule has 126 valence electrons. The van der Waals surface area contributed by atoms with E-state index in [1.54, 1.807) is 18.2 Å². The summed E-state index contributed by atoms with van der Waals surface area (Å²) in [4.78, 5) is 27.4. The number of aromatic nitrogens is 2. The molecule has 0 radical (unpaired) electrons. The van der Waals surface area contributed by atoms with Crippen LogP contribution in [0.15, 0.2) is 56.9 Å². The molecule has 1 heterocycles. The SMILES string of the molecule is CN(c1cccc(C#N)c1)S(=O)(=O)c1ccc2[nH]c(=O)c(=O)[nH]c2c1. The van der Waals surface area contributed by atoms with Crippen molar-refractivity contribution in [1.82, 2.24) is 9.97 Å². The highest BCUT2D eigenvalue weighted by Gasteiger charge is 2.22. The Labute approximate surface area is 142 Å². The summed E-state index contributed by atoms with van der Waals surface area (Å²) in [5, 5.41) is 8.95. The molecule has 0 aliphatic heterocycles. The van der Waals surface area contributed by atoms with Crippen molar-refractivity contribution in [3.63, 3.8) is 0 Å². The molecule has 0 aliphatic rings. The maximum Gasteiger partial charge on any atom is 0.314 e. The monoisotopic (exact) mass is 356 g/mol. The zero-order valence-electron chi connectivity index (χ0n) is 13.0. The van der Waals surface area contributed by atoms with Crippen LogP contribution in [0.5, 0.6) is 0 Å². The van der Waals surface area contributed by atoms with E-state index < -0.39 is 21.1 Å². The predicted molar refractivity (Wildman–Crippen MR) is 91.9 cm³/mol. The Hall–Kier alpha value is -3.38. The number of H-pyrrole nitrogens is 2. The summed E-state index contributed by atoms with van der Waals surface area (Å²) in [6.45, 7) is 0. The highest BCUT2D eigenvalue weighted by molar-refractivity contribution is 7.92. The summed E-state index contributed by atoms with van der Waals surface area (Å²) in [5.74, 6) is 0. The van der Waals surface area contributed by atoms with Crippen LogP contribution in [0.25, 0.3) is 11.0 Å². The van der Waals surface area contributed by atoms with Gasteiger partial charge >= 0.3 is 11.1 Å². The molecule has 2 N–H and O–H groups in total. The number of hydrogen-bond donors (Lipinski definition) is 2. The lowest BCUT2D eigenvalue weighted by Gasteiger charge is -2.19. The molecule has 0 saturated heterocycles. The molecule has 0 amide bonds. The lowest BCUT2D eigenvalue weighted by atomic mass is 10.2. The zero-order chi connectivity index (χ0) is 18.2. The molecule has 0 bridgehead atoms. The number of nitrogens with one attached hydrogen (secondary N) is 2. The Balaban J connectivity index is 2.11. The molecule has 0 unspecified atom stereocenters. The standard InChI is InChI=1S/C16H12N4O4S/c1-20(11-4-2-3-10(7-11)9-17)25(23,24)12-5-6-13-14(8-12)19-16(22)15(21)18-13/h2-8H,1H3,(H,18,21)(H,19,22). The maximum absolute atomic E-state index is 12.8. The Morgan fingerprint density at radius 3 is 2.36 bits per heavy atom. The molecular weight excluding hydrogens is 344 g/mol. The van der Waals surface area contributed by atoms with Crippen molar-refractivity contribution in [3.05, 3.63) is 68.7 Å². The van der Waals surface area contributed by atoms with Gasteiger partial charge in [0, 0.05) is 7.05 Å². The van der Waals surface area contributed by atoms with Gasteiger partial charge in [0.25, 0.3) is 10.0 Å². The largest absolute Gasteiger partial charge is 0.316 e. The van der Waals surface area contributed by atoms with E-state index >= 15 is 0 Å². The van der Waals surface area contributed by atoms with Gasteiger partial charge in [-0.1, -0.05) is 6.07 Å². The maximum atomic E-state index is 12.8. The highest BCUT2D eigenvalue weighted by atomic mass is 32.2. The molecule has 0 aliphatic carbocycles. The van der Waals surface area contributed by atoms with Gasteiger partial charge in [-0.3, -0.25) is 13.9 Å². The highest BCUT2D eigenvalue weighted by Crippen LogP contribution is 2.24. The normalized spacial score (nSPS) is 11.2. The van der Waals surface area contributed by atoms with Crippen LogP contribution in [0.2, 0.25) is 0 Å². The van der Waals surface area contributed by atoms with Crippen LogP contribution in [-0.2, 0) is 10.0 Å². The molecule has 2 aromatic carbocycles. The van der Waals surface area contributed by atoms with E-state index in [1.807, 2.05) is 6.07 Å². The van der Waals surface area contributed by atoms with Gasteiger partial charge in [-0.15, -0.1) is 0 Å². The minimum Gasteiger partial charge on any atom is -0.316 e. The number of hydrogen-bond acceptors (Lipinski definition) is 5. The topological polar surface area (TPSA) is 127 Å². The van der Waals surface area contributed by atoms with Crippen molar-refractivity contribution in [1.29, 1.82) is 5.26 Å². The second-order valence-corrected chi connectivity index (χ2v) is 7.22. The van der Waals surface area contributed by atoms with Crippen molar-refractivity contribution in [2.24, 2.45) is 0 Å². The summed E-state index contributed by atoms with van der Waals surface area (Å²) in [6.07, 6.45) is 0. The van der Waals surface area contributed by atoms with Gasteiger partial charge in [0.05, 0.1) is 33.2 Å². The molecule has 3 rings (SSSR count). The number of fused-ring (bicyclic) bond motifs is 1. The Kier molecular flexibility index (Phi) is 3.90. The lowest BCUT2D eigenvalue weighted by molar-refractivity contribution is 0.594. The number of anilines is 1. The fourth-order valence-electron chi connectivity index (χ4n) is 2.32. The van der Waals surface area contributed by atoms with Gasteiger partial charge in [-0.25, -0.2) is 8.42 Å². The van der Waals surface area contributed by atoms with E-state index in [4.69, 9.17) is 5.26 Å². The Bertz CT molecular complexity index is 1240. The summed E-state index contributed by atoms with van der Waals surface area (Å²) in [6, 6.07) is 12.1. The van der Waals surface area contributed by atoms with E-state index in [1.165, 1.54) is 31.3 Å². The Morgan fingerprint density at radius 1 is 1.00 bits per heavy atom. The summed E-state index contributed by atoms with van der Waals surface area (Å²) in [5.41, 5.74) is -0.498.